The number of hydrogen-bond donors (Lipinski definition) is 3. The van der Waals surface area contributed by atoms with E-state index in [9.17, 15) is 14.7 Å². The van der Waals surface area contributed by atoms with Crippen LogP contribution in [0.5, 0.6) is 0 Å². The van der Waals surface area contributed by atoms with Crippen molar-refractivity contribution in [1.82, 2.24) is 20.1 Å². The van der Waals surface area contributed by atoms with E-state index in [1.54, 1.807) is 11.9 Å². The summed E-state index contributed by atoms with van der Waals surface area (Å²) >= 11 is 0. The monoisotopic (exact) mass is 372 g/mol. The molecule has 2 aromatic rings. The third-order valence-corrected chi connectivity index (χ3v) is 5.27. The number of urea groups is 1. The van der Waals surface area contributed by atoms with E-state index in [2.05, 4.69) is 40.3 Å². The molecule has 1 aromatic carbocycles. The van der Waals surface area contributed by atoms with Crippen molar-refractivity contribution in [3.8, 4) is 0 Å². The van der Waals surface area contributed by atoms with Crippen LogP contribution in [0.3, 0.4) is 0 Å². The van der Waals surface area contributed by atoms with Crippen LogP contribution in [0.1, 0.15) is 18.5 Å². The maximum Gasteiger partial charge on any atom is 0.317 e. The van der Waals surface area contributed by atoms with Crippen molar-refractivity contribution in [3.05, 3.63) is 36.0 Å². The van der Waals surface area contributed by atoms with Gasteiger partial charge in [-0.1, -0.05) is 18.2 Å². The quantitative estimate of drug-likeness (QED) is 0.671. The highest BCUT2D eigenvalue weighted by Crippen LogP contribution is 2.21. The second kappa shape index (κ2) is 8.43. The summed E-state index contributed by atoms with van der Waals surface area (Å²) in [4.78, 5) is 25.4. The fourth-order valence-corrected chi connectivity index (χ4v) is 3.75. The minimum absolute atomic E-state index is 0.115. The van der Waals surface area contributed by atoms with E-state index < -0.39 is 6.10 Å². The van der Waals surface area contributed by atoms with Gasteiger partial charge in [-0.15, -0.1) is 0 Å². The van der Waals surface area contributed by atoms with E-state index >= 15 is 0 Å². The number of aromatic nitrogens is 1. The van der Waals surface area contributed by atoms with Crippen molar-refractivity contribution < 1.29 is 14.7 Å². The van der Waals surface area contributed by atoms with E-state index in [1.807, 2.05) is 12.1 Å². The Kier molecular flexibility index (Phi) is 6.01. The lowest BCUT2D eigenvalue weighted by Gasteiger charge is -2.17. The second-order valence-corrected chi connectivity index (χ2v) is 7.19. The maximum absolute atomic E-state index is 12.3. The van der Waals surface area contributed by atoms with Crippen molar-refractivity contribution in [2.75, 3.05) is 26.7 Å². The van der Waals surface area contributed by atoms with Crippen LogP contribution in [0.4, 0.5) is 4.79 Å². The molecule has 146 valence electrons. The number of para-hydroxylation sites is 1. The van der Waals surface area contributed by atoms with Crippen LogP contribution < -0.4 is 10.6 Å². The summed E-state index contributed by atoms with van der Waals surface area (Å²) in [6.45, 7) is 4.17. The number of aliphatic hydroxyl groups excluding tert-OH is 1. The molecule has 0 spiro atoms. The fraction of sp³-hybridized carbons (Fsp3) is 0.500. The molecule has 0 saturated carbocycles. The number of fused-ring (bicyclic) bond motifs is 1. The van der Waals surface area contributed by atoms with Gasteiger partial charge in [0.2, 0.25) is 5.91 Å². The molecule has 3 N–H and O–H groups in total. The van der Waals surface area contributed by atoms with E-state index in [0.29, 0.717) is 13.1 Å². The first-order valence-corrected chi connectivity index (χ1v) is 9.46. The number of β-amino-alcohol motifs (C(OH)–C–C–N with tert-alkyl or cyclic N) is 1. The molecule has 7 nitrogen and oxygen atoms in total. The number of nitrogens with zero attached hydrogens (tertiary/aromatic N) is 2. The predicted octanol–water partition coefficient (Wildman–Crippen LogP) is 1.48. The minimum Gasteiger partial charge on any atom is -0.391 e. The topological polar surface area (TPSA) is 86.6 Å². The molecule has 27 heavy (non-hydrogen) atoms. The molecule has 2 atom stereocenters. The molecule has 3 amide bonds. The number of carbonyl (C=O) groups excluding carboxylic acids is 2. The number of aliphatic hydroxyl groups is 1. The average Bonchev–Trinajstić information content (AvgIpc) is 3.18. The van der Waals surface area contributed by atoms with Crippen LogP contribution >= 0.6 is 0 Å². The van der Waals surface area contributed by atoms with Gasteiger partial charge in [0.15, 0.2) is 0 Å². The molecule has 0 radical (unpaired) electrons. The minimum atomic E-state index is -0.651. The molecular formula is C20H28N4O3. The molecular weight excluding hydrogens is 344 g/mol. The van der Waals surface area contributed by atoms with Gasteiger partial charge in [0.25, 0.3) is 0 Å². The molecule has 0 aliphatic carbocycles. The van der Waals surface area contributed by atoms with E-state index in [4.69, 9.17) is 0 Å². The maximum atomic E-state index is 12.3. The Hall–Kier alpha value is -2.54. The van der Waals surface area contributed by atoms with Crippen LogP contribution in [-0.4, -0.2) is 59.3 Å². The number of amides is 3. The van der Waals surface area contributed by atoms with Gasteiger partial charge in [-0.3, -0.25) is 4.79 Å². The Morgan fingerprint density at radius 2 is 2.04 bits per heavy atom. The Bertz CT molecular complexity index is 817. The van der Waals surface area contributed by atoms with Crippen molar-refractivity contribution in [3.63, 3.8) is 0 Å². The number of carbonyl (C=O) groups is 2. The van der Waals surface area contributed by atoms with Gasteiger partial charge in [0.05, 0.1) is 6.10 Å². The van der Waals surface area contributed by atoms with Crippen LogP contribution in [0.15, 0.2) is 30.3 Å². The second-order valence-electron chi connectivity index (χ2n) is 7.19. The number of aryl methyl sites for hydroxylation is 2. The summed E-state index contributed by atoms with van der Waals surface area (Å²) < 4.78 is 2.26. The molecule has 3 rings (SSSR count). The smallest absolute Gasteiger partial charge is 0.317 e. The number of likely N-dealkylation sites (tertiary alicyclic amines) is 1. The Morgan fingerprint density at radius 3 is 2.81 bits per heavy atom. The number of nitrogens with one attached hydrogen (secondary N) is 2. The lowest BCUT2D eigenvalue weighted by atomic mass is 10.0. The Morgan fingerprint density at radius 1 is 1.26 bits per heavy atom. The van der Waals surface area contributed by atoms with Crippen LogP contribution in [-0.2, 0) is 11.3 Å². The molecule has 1 aromatic heterocycles. The fourth-order valence-electron chi connectivity index (χ4n) is 3.75. The first-order valence-electron chi connectivity index (χ1n) is 9.46. The summed E-state index contributed by atoms with van der Waals surface area (Å²) in [5.74, 6) is -0.319. The van der Waals surface area contributed by atoms with Crippen molar-refractivity contribution in [1.29, 1.82) is 0 Å². The Balaban J connectivity index is 1.46. The zero-order valence-corrected chi connectivity index (χ0v) is 15.9. The summed E-state index contributed by atoms with van der Waals surface area (Å²) in [6, 6.07) is 10.3. The van der Waals surface area contributed by atoms with Gasteiger partial charge in [0, 0.05) is 56.8 Å². The van der Waals surface area contributed by atoms with Crippen LogP contribution in [0, 0.1) is 12.8 Å². The molecule has 1 aliphatic rings. The zero-order chi connectivity index (χ0) is 19.4. The number of rotatable bonds is 6. The number of hydrogen-bond acceptors (Lipinski definition) is 3. The largest absolute Gasteiger partial charge is 0.391 e. The summed E-state index contributed by atoms with van der Waals surface area (Å²) in [6.07, 6.45) is 0.409. The Labute approximate surface area is 159 Å². The lowest BCUT2D eigenvalue weighted by molar-refractivity contribution is -0.122. The predicted molar refractivity (Wildman–Crippen MR) is 104 cm³/mol. The molecule has 0 unspecified atom stereocenters. The van der Waals surface area contributed by atoms with E-state index in [0.717, 1.165) is 13.0 Å². The molecule has 2 heterocycles. The van der Waals surface area contributed by atoms with Crippen LogP contribution in [0.25, 0.3) is 10.9 Å². The van der Waals surface area contributed by atoms with Gasteiger partial charge in [-0.25, -0.2) is 4.79 Å². The third-order valence-electron chi connectivity index (χ3n) is 5.27. The average molecular weight is 372 g/mol. The van der Waals surface area contributed by atoms with Gasteiger partial charge in [-0.2, -0.15) is 0 Å². The first kappa shape index (κ1) is 19.2. The molecule has 1 fully saturated rings. The van der Waals surface area contributed by atoms with Gasteiger partial charge < -0.3 is 25.2 Å². The van der Waals surface area contributed by atoms with Gasteiger partial charge >= 0.3 is 6.03 Å². The van der Waals surface area contributed by atoms with Crippen molar-refractivity contribution in [2.45, 2.75) is 32.4 Å². The normalized spacial score (nSPS) is 19.4. The molecule has 1 saturated heterocycles. The third kappa shape index (κ3) is 4.42. The zero-order valence-electron chi connectivity index (χ0n) is 15.9. The van der Waals surface area contributed by atoms with Gasteiger partial charge in [-0.05, 0) is 30.9 Å². The van der Waals surface area contributed by atoms with Crippen LogP contribution in [0.2, 0.25) is 0 Å². The highest BCUT2D eigenvalue weighted by Gasteiger charge is 2.34. The molecule has 7 heteroatoms. The summed E-state index contributed by atoms with van der Waals surface area (Å²) in [7, 11) is 1.57. The SMILES string of the molecule is CNC(=O)C[C@@H]1CN(C(=O)NCCCn2c(C)cc3ccccc32)C[C@H]1O. The first-order chi connectivity index (χ1) is 13.0. The summed E-state index contributed by atoms with van der Waals surface area (Å²) in [5.41, 5.74) is 2.42. The van der Waals surface area contributed by atoms with Gasteiger partial charge in [0.1, 0.15) is 0 Å². The van der Waals surface area contributed by atoms with E-state index in [1.165, 1.54) is 16.6 Å². The summed E-state index contributed by atoms with van der Waals surface area (Å²) in [5, 5.41) is 16.8. The highest BCUT2D eigenvalue weighted by atomic mass is 16.3. The lowest BCUT2D eigenvalue weighted by Crippen LogP contribution is -2.39. The standard InChI is InChI=1S/C20H28N4O3/c1-14-10-15-6-3-4-7-17(15)24(14)9-5-8-22-20(27)23-12-16(18(25)13-23)11-19(26)21-2/h3-4,6-7,10,16,18,25H,5,8-9,11-13H2,1-2H3,(H,21,26)(H,22,27)/t16-,18-/m1/s1. The van der Waals surface area contributed by atoms with E-state index in [-0.39, 0.29) is 30.8 Å². The molecule has 0 bridgehead atoms. The molecule has 1 aliphatic heterocycles. The van der Waals surface area contributed by atoms with Crippen molar-refractivity contribution in [2.24, 2.45) is 5.92 Å². The van der Waals surface area contributed by atoms with Crippen molar-refractivity contribution >= 4 is 22.8 Å². The number of benzene rings is 1. The highest BCUT2D eigenvalue weighted by molar-refractivity contribution is 5.81.